The number of fused-ring (bicyclic) bond motifs is 1. The van der Waals surface area contributed by atoms with Crippen molar-refractivity contribution in [3.63, 3.8) is 0 Å². The van der Waals surface area contributed by atoms with Crippen LogP contribution in [-0.2, 0) is 4.74 Å². The monoisotopic (exact) mass is 333 g/mol. The van der Waals surface area contributed by atoms with Crippen molar-refractivity contribution in [2.75, 3.05) is 46.4 Å². The van der Waals surface area contributed by atoms with E-state index in [1.807, 2.05) is 13.0 Å². The second kappa shape index (κ2) is 5.98. The highest BCUT2D eigenvalue weighted by molar-refractivity contribution is 5.71. The Morgan fingerprint density at radius 3 is 2.67 bits per heavy atom. The maximum Gasteiger partial charge on any atom is 0.312 e. The summed E-state index contributed by atoms with van der Waals surface area (Å²) >= 11 is 0. The van der Waals surface area contributed by atoms with Crippen molar-refractivity contribution in [3.05, 3.63) is 28.7 Å². The lowest BCUT2D eigenvalue weighted by Gasteiger charge is -2.43. The molecule has 1 N–H and O–H groups in total. The van der Waals surface area contributed by atoms with Gasteiger partial charge in [-0.2, -0.15) is 0 Å². The molecule has 0 saturated carbocycles. The molecule has 3 heterocycles. The zero-order valence-corrected chi connectivity index (χ0v) is 14.6. The Labute approximate surface area is 141 Å². The number of ether oxygens (including phenoxy) is 1. The summed E-state index contributed by atoms with van der Waals surface area (Å²) in [6, 6.07) is 6.09. The predicted molar refractivity (Wildman–Crippen MR) is 91.0 cm³/mol. The van der Waals surface area contributed by atoms with Gasteiger partial charge in [0.05, 0.1) is 24.8 Å². The zero-order valence-electron chi connectivity index (χ0n) is 14.6. The Balaban J connectivity index is 1.86. The number of nitrogens with one attached hydrogen (secondary N) is 1. The van der Waals surface area contributed by atoms with Gasteiger partial charge in [-0.15, -0.1) is 0 Å². The minimum Gasteiger partial charge on any atom is -0.370 e. The Kier molecular flexibility index (Phi) is 3.94. The summed E-state index contributed by atoms with van der Waals surface area (Å²) in [6.07, 6.45) is 2.56. The van der Waals surface area contributed by atoms with Gasteiger partial charge in [-0.3, -0.25) is 4.48 Å². The molecule has 2 fully saturated rings. The molecule has 1 aromatic heterocycles. The highest BCUT2D eigenvalue weighted by Gasteiger charge is 2.46. The lowest BCUT2D eigenvalue weighted by atomic mass is 10.2. The van der Waals surface area contributed by atoms with Crippen LogP contribution in [0.15, 0.2) is 18.2 Å². The van der Waals surface area contributed by atoms with Crippen LogP contribution >= 0.6 is 0 Å². The van der Waals surface area contributed by atoms with Gasteiger partial charge in [-0.25, -0.2) is 4.90 Å². The Bertz CT molecular complexity index is 784. The number of aromatic nitrogens is 3. The van der Waals surface area contributed by atoms with Crippen LogP contribution in [0.4, 0.5) is 0 Å². The van der Waals surface area contributed by atoms with Crippen LogP contribution in [0.5, 0.6) is 0 Å². The van der Waals surface area contributed by atoms with E-state index in [2.05, 4.69) is 34.0 Å². The summed E-state index contributed by atoms with van der Waals surface area (Å²) in [4.78, 5) is 15.0. The highest BCUT2D eigenvalue weighted by Crippen LogP contribution is 2.31. The molecule has 1 unspecified atom stereocenters. The quantitative estimate of drug-likeness (QED) is 0.679. The van der Waals surface area contributed by atoms with E-state index >= 15 is 0 Å². The lowest BCUT2D eigenvalue weighted by molar-refractivity contribution is -0.968. The van der Waals surface area contributed by atoms with Crippen LogP contribution in [0.3, 0.4) is 0 Å². The first-order chi connectivity index (χ1) is 11.6. The Hall–Kier alpha value is -1.70. The van der Waals surface area contributed by atoms with Crippen LogP contribution in [-0.4, -0.2) is 65.7 Å². The van der Waals surface area contributed by atoms with E-state index in [-0.39, 0.29) is 6.29 Å². The molecule has 130 valence electrons. The third kappa shape index (κ3) is 2.56. The van der Waals surface area contributed by atoms with Crippen molar-refractivity contribution in [2.24, 2.45) is 0 Å². The first kappa shape index (κ1) is 15.8. The van der Waals surface area contributed by atoms with Gasteiger partial charge in [0.25, 0.3) is 0 Å². The van der Waals surface area contributed by atoms with Gasteiger partial charge in [-0.05, 0) is 42.4 Å². The fraction of sp³-hybridized carbons (Fsp3) is 0.647. The van der Waals surface area contributed by atoms with Crippen molar-refractivity contribution >= 4 is 11.0 Å². The average Bonchev–Trinajstić information content (AvgIpc) is 3.18. The molecule has 24 heavy (non-hydrogen) atoms. The number of likely N-dealkylation sites (tertiary alicyclic amines) is 1. The fourth-order valence-corrected chi connectivity index (χ4v) is 4.18. The van der Waals surface area contributed by atoms with Gasteiger partial charge in [0.1, 0.15) is 13.1 Å². The van der Waals surface area contributed by atoms with Crippen LogP contribution in [0.25, 0.3) is 11.0 Å². The van der Waals surface area contributed by atoms with E-state index < -0.39 is 0 Å². The molecule has 0 aliphatic carbocycles. The van der Waals surface area contributed by atoms with Gasteiger partial charge in [-0.1, -0.05) is 16.0 Å². The molecule has 0 amide bonds. The number of aryl methyl sites for hydroxylation is 1. The number of benzene rings is 1. The van der Waals surface area contributed by atoms with E-state index in [1.165, 1.54) is 12.8 Å². The summed E-state index contributed by atoms with van der Waals surface area (Å²) in [5.41, 5.74) is 2.78. The van der Waals surface area contributed by atoms with Crippen LogP contribution in [0.2, 0.25) is 0 Å². The van der Waals surface area contributed by atoms with E-state index in [9.17, 15) is 4.91 Å². The molecule has 2 aromatic rings. The average molecular weight is 333 g/mol. The van der Waals surface area contributed by atoms with Gasteiger partial charge in [0, 0.05) is 13.1 Å². The standard InChI is InChI=1S/C17H27N5O2/c1-14-5-6-15-16(13-14)21(23)18-20(15)17(19-7-3-4-8-19)22(2)9-11-24-12-10-22/h5-6,13,17H,3-4,7-12H2,1-2H3,(H,18,23)/q+2. The van der Waals surface area contributed by atoms with Gasteiger partial charge < -0.3 is 4.74 Å². The molecule has 2 aliphatic rings. The first-order valence-electron chi connectivity index (χ1n) is 8.88. The van der Waals surface area contributed by atoms with Gasteiger partial charge in [0.15, 0.2) is 0 Å². The molecule has 1 atom stereocenters. The Morgan fingerprint density at radius 2 is 1.96 bits per heavy atom. The van der Waals surface area contributed by atoms with Crippen molar-refractivity contribution in [3.8, 4) is 0 Å². The third-order valence-electron chi connectivity index (χ3n) is 5.56. The number of H-pyrrole nitrogens is 1. The highest BCUT2D eigenvalue weighted by atomic mass is 16.5. The largest absolute Gasteiger partial charge is 0.370 e. The number of hydrogen-bond acceptors (Lipinski definition) is 3. The second-order valence-electron chi connectivity index (χ2n) is 7.39. The van der Waals surface area contributed by atoms with E-state index in [0.29, 0.717) is 5.52 Å². The van der Waals surface area contributed by atoms with Crippen LogP contribution in [0, 0.1) is 11.8 Å². The normalized spacial score (nSPS) is 22.9. The fourth-order valence-electron chi connectivity index (χ4n) is 4.18. The lowest BCUT2D eigenvalue weighted by Crippen LogP contribution is -2.60. The summed E-state index contributed by atoms with van der Waals surface area (Å²) < 4.78 is 9.45. The molecule has 0 radical (unpaired) electrons. The summed E-state index contributed by atoms with van der Waals surface area (Å²) in [6.45, 7) is 7.64. The SMILES string of the molecule is Cc1ccc2c(c1)[n+](=O)[nH]n2C(N1CCCC1)[N+]1(C)CCOCC1. The van der Waals surface area contributed by atoms with Gasteiger partial charge in [0.2, 0.25) is 11.0 Å². The molecule has 4 rings (SSSR count). The third-order valence-corrected chi connectivity index (χ3v) is 5.56. The minimum atomic E-state index is 0.108. The van der Waals surface area contributed by atoms with Gasteiger partial charge >= 0.3 is 6.29 Å². The smallest absolute Gasteiger partial charge is 0.312 e. The molecule has 0 bridgehead atoms. The van der Waals surface area contributed by atoms with E-state index in [1.54, 1.807) is 0 Å². The minimum absolute atomic E-state index is 0.108. The number of aromatic amines is 1. The molecular formula is C17H27N5O2+2. The van der Waals surface area contributed by atoms with E-state index in [4.69, 9.17) is 4.74 Å². The molecule has 0 spiro atoms. The number of rotatable bonds is 3. The number of hydrogen-bond donors (Lipinski definition) is 1. The molecule has 2 saturated heterocycles. The van der Waals surface area contributed by atoms with Crippen molar-refractivity contribution in [2.45, 2.75) is 26.1 Å². The summed E-state index contributed by atoms with van der Waals surface area (Å²) in [5, 5.41) is 3.06. The summed E-state index contributed by atoms with van der Waals surface area (Å²) in [7, 11) is 2.29. The number of likely N-dealkylation sites (N-methyl/N-ethyl adjacent to an activating group) is 1. The maximum atomic E-state index is 12.4. The summed E-state index contributed by atoms with van der Waals surface area (Å²) in [5.74, 6) is 0. The number of nitrogens with zero attached hydrogens (tertiary/aromatic N) is 4. The topological polar surface area (TPSA) is 56.2 Å². The molecular weight excluding hydrogens is 306 g/mol. The molecule has 1 aromatic carbocycles. The predicted octanol–water partition coefficient (Wildman–Crippen LogP) is 1.22. The van der Waals surface area contributed by atoms with Crippen molar-refractivity contribution < 1.29 is 13.8 Å². The van der Waals surface area contributed by atoms with Crippen LogP contribution in [0.1, 0.15) is 24.7 Å². The molecule has 7 heteroatoms. The van der Waals surface area contributed by atoms with Crippen molar-refractivity contribution in [1.82, 2.24) is 14.8 Å². The molecule has 2 aliphatic heterocycles. The number of quaternary nitrogens is 1. The number of morpholine rings is 1. The first-order valence-corrected chi connectivity index (χ1v) is 8.88. The van der Waals surface area contributed by atoms with E-state index in [0.717, 1.165) is 59.5 Å². The molecule has 7 nitrogen and oxygen atoms in total. The zero-order chi connectivity index (χ0) is 16.7. The Morgan fingerprint density at radius 1 is 1.25 bits per heavy atom. The second-order valence-corrected chi connectivity index (χ2v) is 7.39. The van der Waals surface area contributed by atoms with Crippen LogP contribution < -0.4 is 4.54 Å². The van der Waals surface area contributed by atoms with Crippen molar-refractivity contribution in [1.29, 1.82) is 0 Å². The maximum absolute atomic E-state index is 12.4.